The first kappa shape index (κ1) is 13.1. The monoisotopic (exact) mass is 313 g/mol. The van der Waals surface area contributed by atoms with Gasteiger partial charge in [-0.25, -0.2) is 4.98 Å². The summed E-state index contributed by atoms with van der Waals surface area (Å²) in [5, 5.41) is 10.7. The van der Waals surface area contributed by atoms with E-state index < -0.39 is 4.92 Å². The number of aromatic nitrogens is 2. The largest absolute Gasteiger partial charge is 0.295 e. The molecule has 0 N–H and O–H groups in total. The molecule has 0 atom stereocenters. The standard InChI is InChI=1S/C15H11N3O3S/c19-15-14-11(16-13-2-1-7-17(13)15)8-12(22-14)9-3-5-10(6-4-9)18(20)21/h3-6,8H,1-2,7H2. The summed E-state index contributed by atoms with van der Waals surface area (Å²) in [7, 11) is 0. The summed E-state index contributed by atoms with van der Waals surface area (Å²) in [6.07, 6.45) is 1.81. The maximum atomic E-state index is 12.5. The lowest BCUT2D eigenvalue weighted by molar-refractivity contribution is -0.384. The van der Waals surface area contributed by atoms with E-state index in [9.17, 15) is 14.9 Å². The Morgan fingerprint density at radius 1 is 1.27 bits per heavy atom. The van der Waals surface area contributed by atoms with Crippen LogP contribution in [0.2, 0.25) is 0 Å². The van der Waals surface area contributed by atoms with Crippen molar-refractivity contribution in [3.63, 3.8) is 0 Å². The molecule has 0 fully saturated rings. The molecule has 0 saturated carbocycles. The van der Waals surface area contributed by atoms with Gasteiger partial charge in [-0.15, -0.1) is 11.3 Å². The van der Waals surface area contributed by atoms with Crippen molar-refractivity contribution in [2.24, 2.45) is 0 Å². The fourth-order valence-electron chi connectivity index (χ4n) is 2.76. The molecule has 0 radical (unpaired) electrons. The topological polar surface area (TPSA) is 78.0 Å². The Bertz CT molecular complexity index is 957. The van der Waals surface area contributed by atoms with Crippen molar-refractivity contribution in [1.29, 1.82) is 0 Å². The molecule has 3 heterocycles. The molecule has 3 aromatic rings. The molecular weight excluding hydrogens is 302 g/mol. The summed E-state index contributed by atoms with van der Waals surface area (Å²) in [6.45, 7) is 0.738. The molecule has 0 bridgehead atoms. The van der Waals surface area contributed by atoms with E-state index in [1.54, 1.807) is 16.7 Å². The van der Waals surface area contributed by atoms with E-state index in [0.29, 0.717) is 4.70 Å². The molecule has 0 spiro atoms. The highest BCUT2D eigenvalue weighted by molar-refractivity contribution is 7.22. The maximum Gasteiger partial charge on any atom is 0.271 e. The number of fused-ring (bicyclic) bond motifs is 2. The average Bonchev–Trinajstić information content (AvgIpc) is 3.14. The van der Waals surface area contributed by atoms with Crippen LogP contribution in [0.5, 0.6) is 0 Å². The first-order valence-corrected chi connectivity index (χ1v) is 7.73. The van der Waals surface area contributed by atoms with Gasteiger partial charge in [0.05, 0.1) is 10.4 Å². The average molecular weight is 313 g/mol. The Kier molecular flexibility index (Phi) is 2.83. The van der Waals surface area contributed by atoms with E-state index >= 15 is 0 Å². The highest BCUT2D eigenvalue weighted by Gasteiger charge is 2.18. The highest BCUT2D eigenvalue weighted by Crippen LogP contribution is 2.32. The van der Waals surface area contributed by atoms with E-state index in [0.717, 1.165) is 41.2 Å². The predicted octanol–water partition coefficient (Wildman–Crippen LogP) is 2.98. The fraction of sp³-hybridized carbons (Fsp3) is 0.200. The van der Waals surface area contributed by atoms with Crippen molar-refractivity contribution in [3.05, 3.63) is 56.6 Å². The number of hydrogen-bond acceptors (Lipinski definition) is 5. The molecule has 2 aromatic heterocycles. The molecule has 7 heteroatoms. The number of aryl methyl sites for hydroxylation is 1. The van der Waals surface area contributed by atoms with Crippen molar-refractivity contribution in [2.75, 3.05) is 0 Å². The normalized spacial score (nSPS) is 13.5. The van der Waals surface area contributed by atoms with Gasteiger partial charge in [-0.05, 0) is 30.2 Å². The summed E-state index contributed by atoms with van der Waals surface area (Å²) in [5.41, 5.74) is 1.66. The minimum atomic E-state index is -0.423. The smallest absolute Gasteiger partial charge is 0.271 e. The minimum Gasteiger partial charge on any atom is -0.295 e. The molecule has 1 aliphatic rings. The molecule has 1 aliphatic heterocycles. The molecule has 4 rings (SSSR count). The summed E-state index contributed by atoms with van der Waals surface area (Å²) < 4.78 is 2.40. The third kappa shape index (κ3) is 1.93. The van der Waals surface area contributed by atoms with Crippen LogP contribution >= 0.6 is 11.3 Å². The van der Waals surface area contributed by atoms with Crippen molar-refractivity contribution in [1.82, 2.24) is 9.55 Å². The van der Waals surface area contributed by atoms with E-state index in [-0.39, 0.29) is 11.2 Å². The van der Waals surface area contributed by atoms with Crippen LogP contribution in [0.4, 0.5) is 5.69 Å². The zero-order chi connectivity index (χ0) is 15.3. The molecule has 0 aliphatic carbocycles. The van der Waals surface area contributed by atoms with Crippen LogP contribution in [0, 0.1) is 10.1 Å². The lowest BCUT2D eigenvalue weighted by atomic mass is 10.2. The molecule has 110 valence electrons. The van der Waals surface area contributed by atoms with Gasteiger partial charge >= 0.3 is 0 Å². The van der Waals surface area contributed by atoms with Gasteiger partial charge in [0.2, 0.25) is 0 Å². The second kappa shape index (κ2) is 4.74. The van der Waals surface area contributed by atoms with Crippen molar-refractivity contribution in [2.45, 2.75) is 19.4 Å². The second-order valence-electron chi connectivity index (χ2n) is 5.22. The predicted molar refractivity (Wildman–Crippen MR) is 84.3 cm³/mol. The number of thiophene rings is 1. The molecule has 0 amide bonds. The first-order chi connectivity index (χ1) is 10.6. The number of nitrogens with zero attached hydrogens (tertiary/aromatic N) is 3. The maximum absolute atomic E-state index is 12.5. The van der Waals surface area contributed by atoms with Crippen LogP contribution in [0.15, 0.2) is 35.1 Å². The van der Waals surface area contributed by atoms with Crippen LogP contribution in [-0.4, -0.2) is 14.5 Å². The van der Waals surface area contributed by atoms with Crippen LogP contribution in [0.3, 0.4) is 0 Å². The fourth-order valence-corrected chi connectivity index (χ4v) is 3.81. The first-order valence-electron chi connectivity index (χ1n) is 6.91. The van der Waals surface area contributed by atoms with Gasteiger partial charge in [0.15, 0.2) is 0 Å². The van der Waals surface area contributed by atoms with E-state index in [1.807, 2.05) is 6.07 Å². The van der Waals surface area contributed by atoms with E-state index in [2.05, 4.69) is 4.98 Å². The summed E-state index contributed by atoms with van der Waals surface area (Å²) in [5.74, 6) is 0.852. The molecule has 0 unspecified atom stereocenters. The number of nitro groups is 1. The minimum absolute atomic E-state index is 0.0238. The lowest BCUT2D eigenvalue weighted by Crippen LogP contribution is -2.19. The number of non-ortho nitro benzene ring substituents is 1. The number of hydrogen-bond donors (Lipinski definition) is 0. The third-order valence-corrected chi connectivity index (χ3v) is 5.02. The quantitative estimate of drug-likeness (QED) is 0.538. The number of benzene rings is 1. The molecular formula is C15H11N3O3S. The van der Waals surface area contributed by atoms with E-state index in [1.165, 1.54) is 23.5 Å². The number of nitro benzene ring substituents is 1. The Morgan fingerprint density at radius 3 is 2.77 bits per heavy atom. The summed E-state index contributed by atoms with van der Waals surface area (Å²) in [4.78, 5) is 28.2. The van der Waals surface area contributed by atoms with Gasteiger partial charge in [0.1, 0.15) is 10.5 Å². The Hall–Kier alpha value is -2.54. The molecule has 6 nitrogen and oxygen atoms in total. The Labute approximate surface area is 128 Å². The third-order valence-electron chi connectivity index (χ3n) is 3.86. The van der Waals surface area contributed by atoms with Gasteiger partial charge in [-0.1, -0.05) is 0 Å². The van der Waals surface area contributed by atoms with Gasteiger partial charge in [-0.3, -0.25) is 19.5 Å². The lowest BCUT2D eigenvalue weighted by Gasteiger charge is -2.00. The summed E-state index contributed by atoms with van der Waals surface area (Å²) in [6, 6.07) is 8.24. The molecule has 22 heavy (non-hydrogen) atoms. The van der Waals surface area contributed by atoms with Gasteiger partial charge in [0.25, 0.3) is 11.2 Å². The van der Waals surface area contributed by atoms with Crippen LogP contribution in [0.1, 0.15) is 12.2 Å². The van der Waals surface area contributed by atoms with E-state index in [4.69, 9.17) is 0 Å². The Morgan fingerprint density at radius 2 is 2.05 bits per heavy atom. The second-order valence-corrected chi connectivity index (χ2v) is 6.27. The zero-order valence-electron chi connectivity index (χ0n) is 11.5. The van der Waals surface area contributed by atoms with Crippen LogP contribution < -0.4 is 5.56 Å². The van der Waals surface area contributed by atoms with Crippen LogP contribution in [0.25, 0.3) is 20.7 Å². The zero-order valence-corrected chi connectivity index (χ0v) is 12.3. The van der Waals surface area contributed by atoms with Crippen LogP contribution in [-0.2, 0) is 13.0 Å². The van der Waals surface area contributed by atoms with Crippen molar-refractivity contribution in [3.8, 4) is 10.4 Å². The molecule has 1 aromatic carbocycles. The SMILES string of the molecule is O=c1c2sc(-c3ccc([N+](=O)[O-])cc3)cc2nc2n1CCC2. The van der Waals surface area contributed by atoms with Gasteiger partial charge < -0.3 is 0 Å². The highest BCUT2D eigenvalue weighted by atomic mass is 32.1. The van der Waals surface area contributed by atoms with Crippen molar-refractivity contribution >= 4 is 27.2 Å². The Balaban J connectivity index is 1.85. The number of rotatable bonds is 2. The molecule has 0 saturated heterocycles. The van der Waals surface area contributed by atoms with Gasteiger partial charge in [0, 0.05) is 30.0 Å². The van der Waals surface area contributed by atoms with Crippen molar-refractivity contribution < 1.29 is 4.92 Å². The summed E-state index contributed by atoms with van der Waals surface area (Å²) >= 11 is 1.39. The van der Waals surface area contributed by atoms with Gasteiger partial charge in [-0.2, -0.15) is 0 Å².